The minimum absolute atomic E-state index is 0.0404. The summed E-state index contributed by atoms with van der Waals surface area (Å²) in [4.78, 5) is 21.0. The van der Waals surface area contributed by atoms with Crippen molar-refractivity contribution in [3.8, 4) is 5.75 Å². The van der Waals surface area contributed by atoms with E-state index < -0.39 is 22.2 Å². The minimum Gasteiger partial charge on any atom is -0.497 e. The second kappa shape index (κ2) is 14.2. The van der Waals surface area contributed by atoms with Crippen LogP contribution in [0.15, 0.2) is 89.5 Å². The summed E-state index contributed by atoms with van der Waals surface area (Å²) in [6.45, 7) is -0.415. The number of benzene rings is 3. The van der Waals surface area contributed by atoms with Crippen molar-refractivity contribution in [2.75, 3.05) is 33.4 Å². The molecule has 0 saturated heterocycles. The van der Waals surface area contributed by atoms with Crippen LogP contribution in [0.2, 0.25) is 5.02 Å². The minimum atomic E-state index is -3.92. The quantitative estimate of drug-likeness (QED) is 0.199. The lowest BCUT2D eigenvalue weighted by atomic mass is 9.93. The molecule has 0 saturated carbocycles. The van der Waals surface area contributed by atoms with Gasteiger partial charge in [-0.15, -0.1) is 0 Å². The maximum absolute atomic E-state index is 13.3. The molecule has 13 heteroatoms. The molecule has 0 unspecified atom stereocenters. The number of halogens is 1. The van der Waals surface area contributed by atoms with Crippen LogP contribution in [0, 0.1) is 0 Å². The second-order valence-electron chi connectivity index (χ2n) is 10.0. The Morgan fingerprint density at radius 3 is 2.57 bits per heavy atom. The van der Waals surface area contributed by atoms with Crippen molar-refractivity contribution in [2.45, 2.75) is 30.1 Å². The van der Waals surface area contributed by atoms with Gasteiger partial charge in [0, 0.05) is 30.5 Å². The van der Waals surface area contributed by atoms with Crippen molar-refractivity contribution in [2.24, 2.45) is 0 Å². The van der Waals surface area contributed by atoms with E-state index in [1.807, 2.05) is 36.4 Å². The van der Waals surface area contributed by atoms with E-state index in [1.54, 1.807) is 30.3 Å². The first-order chi connectivity index (χ1) is 21.3. The number of sulfonamides is 1. The summed E-state index contributed by atoms with van der Waals surface area (Å²) in [5.74, 6) is 0.530. The number of para-hydroxylation sites is 2. The Balaban J connectivity index is 1.26. The van der Waals surface area contributed by atoms with Gasteiger partial charge in [-0.05, 0) is 60.2 Å². The average molecular weight is 641 g/mol. The van der Waals surface area contributed by atoms with Gasteiger partial charge in [0.15, 0.2) is 5.76 Å². The molecule has 0 bridgehead atoms. The molecular formula is C31H33ClN4O7S. The number of ether oxygens (including phenoxy) is 3. The summed E-state index contributed by atoms with van der Waals surface area (Å²) < 4.78 is 44.7. The Kier molecular flexibility index (Phi) is 10.2. The number of nitrogens with one attached hydrogen (secondary N) is 2. The highest BCUT2D eigenvalue weighted by molar-refractivity contribution is 7.89. The molecule has 3 N–H and O–H groups in total. The number of allylic oxidation sites excluding steroid dienone is 1. The highest BCUT2D eigenvalue weighted by Gasteiger charge is 2.30. The fraction of sp³-hybridized carbons (Fsp3) is 0.290. The van der Waals surface area contributed by atoms with E-state index in [2.05, 4.69) is 15.3 Å². The Morgan fingerprint density at radius 1 is 1.11 bits per heavy atom. The molecule has 2 heterocycles. The fourth-order valence-electron chi connectivity index (χ4n) is 4.85. The summed E-state index contributed by atoms with van der Waals surface area (Å²) >= 11 is 6.09. The molecule has 1 amide bonds. The normalized spacial score (nSPS) is 16.9. The Morgan fingerprint density at radius 2 is 1.86 bits per heavy atom. The average Bonchev–Trinajstić information content (AvgIpc) is 3.46. The number of amides is 1. The van der Waals surface area contributed by atoms with Crippen molar-refractivity contribution in [1.82, 2.24) is 19.6 Å². The predicted octanol–water partition coefficient (Wildman–Crippen LogP) is 3.96. The second-order valence-corrected chi connectivity index (χ2v) is 12.4. The molecule has 3 aromatic carbocycles. The molecule has 2 atom stereocenters. The van der Waals surface area contributed by atoms with Gasteiger partial charge < -0.3 is 29.6 Å². The van der Waals surface area contributed by atoms with Gasteiger partial charge in [0.05, 0.1) is 42.8 Å². The molecule has 1 aromatic heterocycles. The molecule has 0 radical (unpaired) electrons. The third-order valence-corrected chi connectivity index (χ3v) is 9.29. The van der Waals surface area contributed by atoms with Gasteiger partial charge in [0.2, 0.25) is 16.3 Å². The first-order valence-electron chi connectivity index (χ1n) is 14.0. The number of fused-ring (bicyclic) bond motifs is 1. The molecule has 5 rings (SSSR count). The highest BCUT2D eigenvalue weighted by atomic mass is 35.5. The van der Waals surface area contributed by atoms with E-state index >= 15 is 0 Å². The van der Waals surface area contributed by atoms with Crippen LogP contribution in [0.3, 0.4) is 0 Å². The van der Waals surface area contributed by atoms with Crippen molar-refractivity contribution in [3.63, 3.8) is 0 Å². The zero-order valence-corrected chi connectivity index (χ0v) is 25.6. The van der Waals surface area contributed by atoms with E-state index in [1.165, 1.54) is 19.2 Å². The lowest BCUT2D eigenvalue weighted by molar-refractivity contribution is -0.146. The highest BCUT2D eigenvalue weighted by Crippen LogP contribution is 2.32. The summed E-state index contributed by atoms with van der Waals surface area (Å²) in [6, 6.07) is 20.9. The number of imidazole rings is 1. The standard InChI is InChI=1S/C31H33ClN4O7S/c1-41-24-10-12-25(13-11-24)44(39,40)36(14-16-37)15-17-42-30-19-22(21-6-8-23(32)9-7-21)18-28(43-30)31(38)33-20-29-34-26-4-2-3-5-27(26)35-29/h2-13,18,22,30,37H,14-17,19-20H2,1H3,(H,33,38)(H,34,35)/t22-,30+/m1/s1. The number of aromatic nitrogens is 2. The molecule has 0 spiro atoms. The molecule has 11 nitrogen and oxygen atoms in total. The van der Waals surface area contributed by atoms with Crippen LogP contribution in [0.4, 0.5) is 0 Å². The van der Waals surface area contributed by atoms with E-state index in [0.717, 1.165) is 20.9 Å². The van der Waals surface area contributed by atoms with Crippen LogP contribution in [0.1, 0.15) is 23.7 Å². The molecule has 1 aliphatic heterocycles. The van der Waals surface area contributed by atoms with Crippen molar-refractivity contribution < 1.29 is 32.5 Å². The van der Waals surface area contributed by atoms with E-state index in [4.69, 9.17) is 25.8 Å². The van der Waals surface area contributed by atoms with E-state index in [-0.39, 0.29) is 49.4 Å². The lowest BCUT2D eigenvalue weighted by Gasteiger charge is -2.30. The zero-order chi connectivity index (χ0) is 31.1. The molecule has 4 aromatic rings. The Bertz CT molecular complexity index is 1680. The van der Waals surface area contributed by atoms with Gasteiger partial charge in [-0.2, -0.15) is 4.31 Å². The number of nitrogens with zero attached hydrogens (tertiary/aromatic N) is 2. The topological polar surface area (TPSA) is 143 Å². The number of hydrogen-bond acceptors (Lipinski definition) is 8. The van der Waals surface area contributed by atoms with Crippen LogP contribution >= 0.6 is 11.6 Å². The fourth-order valence-corrected chi connectivity index (χ4v) is 6.39. The van der Waals surface area contributed by atoms with Crippen molar-refractivity contribution >= 4 is 38.6 Å². The predicted molar refractivity (Wildman–Crippen MR) is 164 cm³/mol. The number of rotatable bonds is 13. The zero-order valence-electron chi connectivity index (χ0n) is 24.0. The summed E-state index contributed by atoms with van der Waals surface area (Å²) in [5, 5.41) is 13.0. The molecule has 44 heavy (non-hydrogen) atoms. The number of aromatic amines is 1. The van der Waals surface area contributed by atoms with Gasteiger partial charge in [0.25, 0.3) is 5.91 Å². The Labute approximate surface area is 260 Å². The SMILES string of the molecule is COc1ccc(S(=O)(=O)N(CCO)CCO[C@@H]2C[C@H](c3ccc(Cl)cc3)C=C(C(=O)NCc3nc4ccccc4[nH]3)O2)cc1. The van der Waals surface area contributed by atoms with Crippen molar-refractivity contribution in [1.29, 1.82) is 0 Å². The molecule has 1 aliphatic rings. The number of carbonyl (C=O) groups is 1. The third-order valence-electron chi connectivity index (χ3n) is 7.13. The van der Waals surface area contributed by atoms with E-state index in [0.29, 0.717) is 23.0 Å². The number of aliphatic hydroxyl groups is 1. The Hall–Kier alpha value is -3.94. The van der Waals surface area contributed by atoms with Crippen LogP contribution in [0.25, 0.3) is 11.0 Å². The van der Waals surface area contributed by atoms with Crippen LogP contribution < -0.4 is 10.1 Å². The largest absolute Gasteiger partial charge is 0.497 e. The maximum Gasteiger partial charge on any atom is 0.286 e. The molecule has 232 valence electrons. The van der Waals surface area contributed by atoms with Crippen LogP contribution in [0.5, 0.6) is 5.75 Å². The maximum atomic E-state index is 13.3. The number of aliphatic hydroxyl groups excluding tert-OH is 1. The van der Waals surface area contributed by atoms with Crippen LogP contribution in [-0.4, -0.2) is 73.4 Å². The first kappa shape index (κ1) is 31.5. The summed E-state index contributed by atoms with van der Waals surface area (Å²) in [6.07, 6.45) is 1.28. The molecule has 0 fully saturated rings. The smallest absolute Gasteiger partial charge is 0.286 e. The van der Waals surface area contributed by atoms with Gasteiger partial charge in [-0.25, -0.2) is 13.4 Å². The van der Waals surface area contributed by atoms with Gasteiger partial charge in [-0.3, -0.25) is 4.79 Å². The van der Waals surface area contributed by atoms with Gasteiger partial charge in [0.1, 0.15) is 11.6 Å². The number of methoxy groups -OCH3 is 1. The number of H-pyrrole nitrogens is 1. The van der Waals surface area contributed by atoms with E-state index in [9.17, 15) is 18.3 Å². The van der Waals surface area contributed by atoms with Gasteiger partial charge in [-0.1, -0.05) is 35.9 Å². The molecule has 0 aliphatic carbocycles. The number of hydrogen-bond donors (Lipinski definition) is 3. The number of carbonyl (C=O) groups excluding carboxylic acids is 1. The first-order valence-corrected chi connectivity index (χ1v) is 15.8. The monoisotopic (exact) mass is 640 g/mol. The van der Waals surface area contributed by atoms with Crippen molar-refractivity contribution in [3.05, 3.63) is 101 Å². The third kappa shape index (κ3) is 7.58. The lowest BCUT2D eigenvalue weighted by Crippen LogP contribution is -2.38. The summed E-state index contributed by atoms with van der Waals surface area (Å²) in [7, 11) is -2.42. The van der Waals surface area contributed by atoms with Gasteiger partial charge >= 0.3 is 0 Å². The molecular weight excluding hydrogens is 608 g/mol. The summed E-state index contributed by atoms with van der Waals surface area (Å²) in [5.41, 5.74) is 2.58. The van der Waals surface area contributed by atoms with Crippen LogP contribution in [-0.2, 0) is 30.8 Å².